The third-order valence-corrected chi connectivity index (χ3v) is 7.75. The second-order valence-electron chi connectivity index (χ2n) is 10.2. The van der Waals surface area contributed by atoms with E-state index in [1.807, 2.05) is 4.90 Å². The van der Waals surface area contributed by atoms with Gasteiger partial charge >= 0.3 is 6.03 Å². The van der Waals surface area contributed by atoms with Crippen LogP contribution in [0.1, 0.15) is 34.5 Å². The number of amides is 3. The van der Waals surface area contributed by atoms with E-state index < -0.39 is 5.91 Å². The number of nitrogens with one attached hydrogen (secondary N) is 4. The molecule has 214 valence electrons. The van der Waals surface area contributed by atoms with Crippen LogP contribution in [0.2, 0.25) is 5.15 Å². The van der Waals surface area contributed by atoms with E-state index in [1.165, 1.54) is 5.56 Å². The Morgan fingerprint density at radius 2 is 1.80 bits per heavy atom. The minimum atomic E-state index is -0.506. The number of urea groups is 1. The number of morpholine rings is 1. The molecule has 2 fully saturated rings. The highest BCUT2D eigenvalue weighted by molar-refractivity contribution is 6.31. The molecule has 0 atom stereocenters. The van der Waals surface area contributed by atoms with Gasteiger partial charge in [0.2, 0.25) is 0 Å². The fourth-order valence-corrected chi connectivity index (χ4v) is 5.18. The minimum absolute atomic E-state index is 0.0189. The Kier molecular flexibility index (Phi) is 8.52. The largest absolute Gasteiger partial charge is 0.381 e. The summed E-state index contributed by atoms with van der Waals surface area (Å²) in [7, 11) is 1.61. The van der Waals surface area contributed by atoms with Gasteiger partial charge in [-0.1, -0.05) is 35.9 Å². The maximum atomic E-state index is 12.8. The van der Waals surface area contributed by atoms with E-state index in [1.54, 1.807) is 7.05 Å². The molecule has 0 aliphatic carbocycles. The van der Waals surface area contributed by atoms with Gasteiger partial charge in [-0.15, -0.1) is 0 Å². The topological polar surface area (TPSA) is 162 Å². The number of piperidine rings is 1. The summed E-state index contributed by atoms with van der Waals surface area (Å²) in [5, 5.41) is 11.9. The summed E-state index contributed by atoms with van der Waals surface area (Å²) in [5.41, 5.74) is 7.71. The van der Waals surface area contributed by atoms with Crippen LogP contribution in [0.3, 0.4) is 0 Å². The van der Waals surface area contributed by atoms with E-state index in [2.05, 4.69) is 65.4 Å². The smallest absolute Gasteiger partial charge is 0.317 e. The number of aliphatic imine (C=N–C) groups is 1. The van der Waals surface area contributed by atoms with E-state index in [9.17, 15) is 9.59 Å². The zero-order chi connectivity index (χ0) is 28.1. The number of nitrogen functional groups attached to an aromatic ring is 1. The molecule has 0 radical (unpaired) electrons. The first-order chi connectivity index (χ1) is 19.3. The molecule has 1 aromatic carbocycles. The zero-order valence-electron chi connectivity index (χ0n) is 22.5. The average molecular weight is 571 g/mol. The summed E-state index contributed by atoms with van der Waals surface area (Å²) in [5.74, 6) is 0.103. The fraction of sp³-hybridized carbons (Fsp3) is 0.500. The molecule has 4 heterocycles. The van der Waals surface area contributed by atoms with Gasteiger partial charge in [-0.25, -0.2) is 14.8 Å². The summed E-state index contributed by atoms with van der Waals surface area (Å²) in [6.45, 7) is 6.54. The third kappa shape index (κ3) is 6.54. The summed E-state index contributed by atoms with van der Waals surface area (Å²) in [6, 6.07) is 8.30. The SMILES string of the molecule is CNc1nc(N)c(Cl)nc1C(=O)NC1=NCC2(CCN(C(=O)NCc3ccc(CN4CCOCC4)cc3)CC2)N1. The highest BCUT2D eigenvalue weighted by atomic mass is 35.5. The van der Waals surface area contributed by atoms with Crippen LogP contribution in [0.5, 0.6) is 0 Å². The molecule has 3 amide bonds. The van der Waals surface area contributed by atoms with E-state index in [-0.39, 0.29) is 34.1 Å². The number of anilines is 2. The molecule has 40 heavy (non-hydrogen) atoms. The summed E-state index contributed by atoms with van der Waals surface area (Å²) < 4.78 is 5.41. The summed E-state index contributed by atoms with van der Waals surface area (Å²) in [4.78, 5) is 42.4. The maximum absolute atomic E-state index is 12.8. The van der Waals surface area contributed by atoms with Crippen molar-refractivity contribution in [3.63, 3.8) is 0 Å². The Labute approximate surface area is 237 Å². The number of rotatable bonds is 6. The molecule has 5 rings (SSSR count). The van der Waals surface area contributed by atoms with E-state index in [0.29, 0.717) is 45.0 Å². The van der Waals surface area contributed by atoms with Crippen molar-refractivity contribution in [1.82, 2.24) is 35.7 Å². The summed E-state index contributed by atoms with van der Waals surface area (Å²) >= 11 is 5.96. The standard InChI is InChI=1S/C26H35ClN10O3/c1-29-22-19(32-20(27)21(28)33-22)23(38)34-24-31-16-26(35-24)6-8-37(9-7-26)25(39)30-14-17-2-4-18(5-3-17)15-36-10-12-40-13-11-36/h2-5H,6-16H2,1H3,(H,30,39)(H3,28,29,33)(H2,31,34,35,38). The highest BCUT2D eigenvalue weighted by Gasteiger charge is 2.40. The van der Waals surface area contributed by atoms with Crippen molar-refractivity contribution in [2.24, 2.45) is 4.99 Å². The number of nitrogens with two attached hydrogens (primary N) is 1. The molecule has 2 saturated heterocycles. The van der Waals surface area contributed by atoms with Gasteiger partial charge in [-0.2, -0.15) is 0 Å². The molecule has 6 N–H and O–H groups in total. The van der Waals surface area contributed by atoms with Gasteiger partial charge in [-0.05, 0) is 24.0 Å². The van der Waals surface area contributed by atoms with Crippen LogP contribution in [0.15, 0.2) is 29.3 Å². The van der Waals surface area contributed by atoms with Crippen LogP contribution < -0.4 is 27.0 Å². The van der Waals surface area contributed by atoms with Crippen LogP contribution in [-0.2, 0) is 17.8 Å². The first kappa shape index (κ1) is 27.9. The van der Waals surface area contributed by atoms with Gasteiger partial charge < -0.3 is 31.3 Å². The molecule has 14 heteroatoms. The lowest BCUT2D eigenvalue weighted by Crippen LogP contribution is -2.57. The first-order valence-electron chi connectivity index (χ1n) is 13.4. The molecule has 3 aliphatic rings. The minimum Gasteiger partial charge on any atom is -0.381 e. The third-order valence-electron chi connectivity index (χ3n) is 7.47. The number of carbonyl (C=O) groups is 2. The monoisotopic (exact) mass is 570 g/mol. The quantitative estimate of drug-likeness (QED) is 0.341. The van der Waals surface area contributed by atoms with Crippen molar-refractivity contribution in [2.45, 2.75) is 31.5 Å². The number of halogens is 1. The predicted octanol–water partition coefficient (Wildman–Crippen LogP) is 1.02. The van der Waals surface area contributed by atoms with E-state index in [4.69, 9.17) is 22.1 Å². The van der Waals surface area contributed by atoms with Crippen molar-refractivity contribution in [3.05, 3.63) is 46.2 Å². The van der Waals surface area contributed by atoms with Crippen LogP contribution in [0.4, 0.5) is 16.4 Å². The first-order valence-corrected chi connectivity index (χ1v) is 13.8. The number of guanidine groups is 1. The number of carbonyl (C=O) groups excluding carboxylic acids is 2. The Morgan fingerprint density at radius 3 is 2.50 bits per heavy atom. The number of nitrogens with zero attached hydrogens (tertiary/aromatic N) is 5. The van der Waals surface area contributed by atoms with Gasteiger partial charge in [0.05, 0.1) is 25.3 Å². The van der Waals surface area contributed by atoms with Crippen molar-refractivity contribution < 1.29 is 14.3 Å². The second kappa shape index (κ2) is 12.2. The second-order valence-corrected chi connectivity index (χ2v) is 10.6. The van der Waals surface area contributed by atoms with Crippen LogP contribution in [-0.4, -0.2) is 96.2 Å². The molecule has 0 unspecified atom stereocenters. The predicted molar refractivity (Wildman–Crippen MR) is 152 cm³/mol. The number of likely N-dealkylation sites (tertiary alicyclic amines) is 1. The Balaban J connectivity index is 1.06. The van der Waals surface area contributed by atoms with Crippen LogP contribution >= 0.6 is 11.6 Å². The molecule has 0 saturated carbocycles. The van der Waals surface area contributed by atoms with Gasteiger partial charge in [0.15, 0.2) is 28.4 Å². The number of hydrogen-bond acceptors (Lipinski definition) is 10. The van der Waals surface area contributed by atoms with Crippen LogP contribution in [0, 0.1) is 0 Å². The molecular formula is C26H35ClN10O3. The van der Waals surface area contributed by atoms with Crippen LogP contribution in [0.25, 0.3) is 0 Å². The number of aromatic nitrogens is 2. The molecule has 1 aromatic heterocycles. The van der Waals surface area contributed by atoms with Crippen molar-refractivity contribution in [2.75, 3.05) is 64.0 Å². The lowest BCUT2D eigenvalue weighted by Gasteiger charge is -2.39. The van der Waals surface area contributed by atoms with Crippen molar-refractivity contribution in [3.8, 4) is 0 Å². The number of ether oxygens (including phenoxy) is 1. The Morgan fingerprint density at radius 1 is 1.10 bits per heavy atom. The molecular weight excluding hydrogens is 536 g/mol. The summed E-state index contributed by atoms with van der Waals surface area (Å²) in [6.07, 6.45) is 1.41. The lowest BCUT2D eigenvalue weighted by molar-refractivity contribution is 0.0342. The van der Waals surface area contributed by atoms with Crippen molar-refractivity contribution in [1.29, 1.82) is 0 Å². The average Bonchev–Trinajstić information content (AvgIpc) is 3.35. The number of benzene rings is 1. The normalized spacial score (nSPS) is 18.6. The van der Waals surface area contributed by atoms with E-state index >= 15 is 0 Å². The molecule has 2 aromatic rings. The van der Waals surface area contributed by atoms with Crippen molar-refractivity contribution >= 4 is 41.1 Å². The van der Waals surface area contributed by atoms with Gasteiger partial charge in [0.1, 0.15) is 0 Å². The Bertz CT molecular complexity index is 1260. The lowest BCUT2D eigenvalue weighted by atomic mass is 9.88. The highest BCUT2D eigenvalue weighted by Crippen LogP contribution is 2.26. The molecule has 13 nitrogen and oxygen atoms in total. The molecule has 0 bridgehead atoms. The maximum Gasteiger partial charge on any atom is 0.317 e. The zero-order valence-corrected chi connectivity index (χ0v) is 23.3. The van der Waals surface area contributed by atoms with Gasteiger partial charge in [0, 0.05) is 46.3 Å². The number of hydrogen-bond donors (Lipinski definition) is 5. The van der Waals surface area contributed by atoms with Gasteiger partial charge in [-0.3, -0.25) is 20.0 Å². The fourth-order valence-electron chi connectivity index (χ4n) is 5.05. The van der Waals surface area contributed by atoms with Gasteiger partial charge in [0.25, 0.3) is 5.91 Å². The molecule has 1 spiro atoms. The van der Waals surface area contributed by atoms with E-state index in [0.717, 1.165) is 38.4 Å². The Hall–Kier alpha value is -3.68. The molecule has 3 aliphatic heterocycles.